The maximum Gasteiger partial charge on any atom is 0.416 e. The van der Waals surface area contributed by atoms with Crippen molar-refractivity contribution in [2.45, 2.75) is 52.8 Å². The van der Waals surface area contributed by atoms with Crippen LogP contribution in [0.5, 0.6) is 0 Å². The van der Waals surface area contributed by atoms with Gasteiger partial charge in [0.25, 0.3) is 0 Å². The standard InChI is InChI=1S/C17H21F3N2O/c1-4-5-8-22-14-10-12(17(18,19)20)6-7-13(14)21-16(22)15(23)9-11(2)3/h6-7,10-11H,4-5,8-9H2,1-3H3. The molecule has 0 aliphatic rings. The van der Waals surface area contributed by atoms with Crippen LogP contribution in [0.25, 0.3) is 11.0 Å². The molecule has 0 saturated carbocycles. The minimum Gasteiger partial charge on any atom is -0.321 e. The van der Waals surface area contributed by atoms with Gasteiger partial charge in [-0.2, -0.15) is 13.2 Å². The van der Waals surface area contributed by atoms with Gasteiger partial charge in [-0.05, 0) is 30.5 Å². The number of fused-ring (bicyclic) bond motifs is 1. The number of rotatable bonds is 6. The molecule has 6 heteroatoms. The molecule has 0 unspecified atom stereocenters. The highest BCUT2D eigenvalue weighted by atomic mass is 19.4. The van der Waals surface area contributed by atoms with Gasteiger partial charge in [-0.1, -0.05) is 27.2 Å². The number of hydrogen-bond acceptors (Lipinski definition) is 2. The van der Waals surface area contributed by atoms with Crippen LogP contribution in [-0.2, 0) is 12.7 Å². The predicted molar refractivity (Wildman–Crippen MR) is 83.4 cm³/mol. The molecule has 1 heterocycles. The van der Waals surface area contributed by atoms with Crippen molar-refractivity contribution < 1.29 is 18.0 Å². The zero-order valence-electron chi connectivity index (χ0n) is 13.6. The van der Waals surface area contributed by atoms with Gasteiger partial charge in [0.1, 0.15) is 0 Å². The van der Waals surface area contributed by atoms with Gasteiger partial charge in [-0.3, -0.25) is 4.79 Å². The molecule has 23 heavy (non-hydrogen) atoms. The van der Waals surface area contributed by atoms with Gasteiger partial charge in [0.2, 0.25) is 0 Å². The summed E-state index contributed by atoms with van der Waals surface area (Å²) >= 11 is 0. The van der Waals surface area contributed by atoms with E-state index in [1.165, 1.54) is 6.07 Å². The largest absolute Gasteiger partial charge is 0.416 e. The molecule has 0 saturated heterocycles. The molecule has 3 nitrogen and oxygen atoms in total. The number of carbonyl (C=O) groups is 1. The number of benzene rings is 1. The van der Waals surface area contributed by atoms with Gasteiger partial charge in [0, 0.05) is 13.0 Å². The second kappa shape index (κ2) is 6.72. The van der Waals surface area contributed by atoms with Gasteiger partial charge in [-0.25, -0.2) is 4.98 Å². The molecule has 0 N–H and O–H groups in total. The second-order valence-corrected chi connectivity index (χ2v) is 6.16. The summed E-state index contributed by atoms with van der Waals surface area (Å²) in [6, 6.07) is 3.44. The molecule has 2 aromatic rings. The molecule has 2 rings (SSSR count). The summed E-state index contributed by atoms with van der Waals surface area (Å²) in [6.07, 6.45) is -2.40. The van der Waals surface area contributed by atoms with Gasteiger partial charge in [-0.15, -0.1) is 0 Å². The van der Waals surface area contributed by atoms with Gasteiger partial charge in [0.05, 0.1) is 16.6 Å². The monoisotopic (exact) mass is 326 g/mol. The number of imidazole rings is 1. The van der Waals surface area contributed by atoms with E-state index in [-0.39, 0.29) is 17.5 Å². The normalized spacial score (nSPS) is 12.3. The third-order valence-corrected chi connectivity index (χ3v) is 3.65. The SMILES string of the molecule is CCCCn1c(C(=O)CC(C)C)nc2ccc(C(F)(F)F)cc21. The number of aromatic nitrogens is 2. The van der Waals surface area contributed by atoms with Crippen molar-refractivity contribution >= 4 is 16.8 Å². The van der Waals surface area contributed by atoms with E-state index in [0.29, 0.717) is 24.0 Å². The lowest BCUT2D eigenvalue weighted by atomic mass is 10.1. The number of aryl methyl sites for hydroxylation is 1. The molecule has 0 radical (unpaired) electrons. The quantitative estimate of drug-likeness (QED) is 0.694. The molecule has 0 fully saturated rings. The Morgan fingerprint density at radius 2 is 2.00 bits per heavy atom. The lowest BCUT2D eigenvalue weighted by Crippen LogP contribution is -2.13. The Labute approximate surface area is 133 Å². The maximum absolute atomic E-state index is 12.9. The first-order valence-corrected chi connectivity index (χ1v) is 7.84. The minimum atomic E-state index is -4.41. The van der Waals surface area contributed by atoms with E-state index in [2.05, 4.69) is 4.98 Å². The highest BCUT2D eigenvalue weighted by molar-refractivity contribution is 5.96. The molecule has 0 aliphatic carbocycles. The highest BCUT2D eigenvalue weighted by Crippen LogP contribution is 2.32. The highest BCUT2D eigenvalue weighted by Gasteiger charge is 2.31. The summed E-state index contributed by atoms with van der Waals surface area (Å²) < 4.78 is 40.5. The third kappa shape index (κ3) is 3.92. The lowest BCUT2D eigenvalue weighted by molar-refractivity contribution is -0.137. The average Bonchev–Trinajstić information content (AvgIpc) is 2.81. The Kier molecular flexibility index (Phi) is 5.12. The van der Waals surface area contributed by atoms with Gasteiger partial charge < -0.3 is 4.57 Å². The fourth-order valence-electron chi connectivity index (χ4n) is 2.52. The molecule has 0 atom stereocenters. The van der Waals surface area contributed by atoms with E-state index < -0.39 is 11.7 Å². The summed E-state index contributed by atoms with van der Waals surface area (Å²) in [7, 11) is 0. The first-order chi connectivity index (χ1) is 10.7. The van der Waals surface area contributed by atoms with Crippen LogP contribution in [0.2, 0.25) is 0 Å². The van der Waals surface area contributed by atoms with E-state index in [4.69, 9.17) is 0 Å². The van der Waals surface area contributed by atoms with E-state index in [1.54, 1.807) is 4.57 Å². The van der Waals surface area contributed by atoms with Crippen LogP contribution in [0.4, 0.5) is 13.2 Å². The van der Waals surface area contributed by atoms with E-state index in [1.807, 2.05) is 20.8 Å². The molecular formula is C17H21F3N2O. The van der Waals surface area contributed by atoms with E-state index >= 15 is 0 Å². The van der Waals surface area contributed by atoms with E-state index in [9.17, 15) is 18.0 Å². The number of nitrogens with zero attached hydrogens (tertiary/aromatic N) is 2. The second-order valence-electron chi connectivity index (χ2n) is 6.16. The van der Waals surface area contributed by atoms with Crippen molar-refractivity contribution in [2.24, 2.45) is 5.92 Å². The number of carbonyl (C=O) groups excluding carboxylic acids is 1. The Hall–Kier alpha value is -1.85. The zero-order valence-corrected chi connectivity index (χ0v) is 13.6. The zero-order chi connectivity index (χ0) is 17.2. The lowest BCUT2D eigenvalue weighted by Gasteiger charge is -2.10. The number of ketones is 1. The van der Waals surface area contributed by atoms with Crippen LogP contribution in [0, 0.1) is 5.92 Å². The van der Waals surface area contributed by atoms with Gasteiger partial charge >= 0.3 is 6.18 Å². The first kappa shape index (κ1) is 17.5. The Bertz CT molecular complexity index is 702. The molecule has 126 valence electrons. The van der Waals surface area contributed by atoms with Crippen molar-refractivity contribution in [1.29, 1.82) is 0 Å². The summed E-state index contributed by atoms with van der Waals surface area (Å²) in [5, 5.41) is 0. The van der Waals surface area contributed by atoms with Crippen LogP contribution in [0.15, 0.2) is 18.2 Å². The molecule has 0 bridgehead atoms. The molecule has 0 amide bonds. The maximum atomic E-state index is 12.9. The van der Waals surface area contributed by atoms with Crippen molar-refractivity contribution in [1.82, 2.24) is 9.55 Å². The number of alkyl halides is 3. The number of hydrogen-bond donors (Lipinski definition) is 0. The van der Waals surface area contributed by atoms with Crippen molar-refractivity contribution in [2.75, 3.05) is 0 Å². The molecule has 1 aromatic carbocycles. The average molecular weight is 326 g/mol. The fourth-order valence-corrected chi connectivity index (χ4v) is 2.52. The van der Waals surface area contributed by atoms with Crippen LogP contribution in [-0.4, -0.2) is 15.3 Å². The van der Waals surface area contributed by atoms with Gasteiger partial charge in [0.15, 0.2) is 11.6 Å². The Morgan fingerprint density at radius 1 is 1.30 bits per heavy atom. The van der Waals surface area contributed by atoms with Crippen LogP contribution < -0.4 is 0 Å². The predicted octanol–water partition coefficient (Wildman–Crippen LogP) is 5.08. The Balaban J connectivity index is 2.56. The number of halogens is 3. The third-order valence-electron chi connectivity index (χ3n) is 3.65. The molecular weight excluding hydrogens is 305 g/mol. The summed E-state index contributed by atoms with van der Waals surface area (Å²) in [5.74, 6) is 0.315. The fraction of sp³-hybridized carbons (Fsp3) is 0.529. The number of Topliss-reactive ketones (excluding diaryl/α,β-unsaturated/α-hetero) is 1. The summed E-state index contributed by atoms with van der Waals surface area (Å²) in [6.45, 7) is 6.35. The van der Waals surface area contributed by atoms with Crippen LogP contribution in [0.3, 0.4) is 0 Å². The minimum absolute atomic E-state index is 0.124. The molecule has 0 spiro atoms. The molecule has 1 aromatic heterocycles. The van der Waals surface area contributed by atoms with Crippen LogP contribution >= 0.6 is 0 Å². The number of unbranched alkanes of at least 4 members (excludes halogenated alkanes) is 1. The smallest absolute Gasteiger partial charge is 0.321 e. The summed E-state index contributed by atoms with van der Waals surface area (Å²) in [4.78, 5) is 16.7. The van der Waals surface area contributed by atoms with Crippen molar-refractivity contribution in [3.63, 3.8) is 0 Å². The van der Waals surface area contributed by atoms with Crippen molar-refractivity contribution in [3.05, 3.63) is 29.6 Å². The Morgan fingerprint density at radius 3 is 2.57 bits per heavy atom. The first-order valence-electron chi connectivity index (χ1n) is 7.84. The summed E-state index contributed by atoms with van der Waals surface area (Å²) in [5.41, 5.74) is 0.0899. The van der Waals surface area contributed by atoms with E-state index in [0.717, 1.165) is 25.0 Å². The molecule has 0 aliphatic heterocycles. The van der Waals surface area contributed by atoms with Crippen LogP contribution in [0.1, 0.15) is 56.2 Å². The van der Waals surface area contributed by atoms with Crippen molar-refractivity contribution in [3.8, 4) is 0 Å². The topological polar surface area (TPSA) is 34.9 Å².